The molecule has 1 saturated carbocycles. The number of nitrogens with one attached hydrogen (secondary N) is 1. The van der Waals surface area contributed by atoms with Gasteiger partial charge in [-0.2, -0.15) is 0 Å². The second-order valence-corrected chi connectivity index (χ2v) is 4.85. The van der Waals surface area contributed by atoms with Crippen molar-refractivity contribution in [2.75, 3.05) is 26.3 Å². The average molecular weight is 250 g/mol. The van der Waals surface area contributed by atoms with Crippen molar-refractivity contribution in [3.63, 3.8) is 0 Å². The van der Waals surface area contributed by atoms with Crippen LogP contribution in [0, 0.1) is 5.92 Å². The first-order chi connectivity index (χ1) is 8.86. The zero-order valence-corrected chi connectivity index (χ0v) is 10.8. The molecular formula is C14H22N2O2. The average Bonchev–Trinajstić information content (AvgIpc) is 3.19. The first kappa shape index (κ1) is 13.3. The lowest BCUT2D eigenvalue weighted by molar-refractivity contribution is 0.122. The van der Waals surface area contributed by atoms with Gasteiger partial charge in [-0.25, -0.2) is 0 Å². The summed E-state index contributed by atoms with van der Waals surface area (Å²) in [5.74, 6) is 0.850. The molecule has 1 N–H and O–H groups in total. The third kappa shape index (κ3) is 5.02. The van der Waals surface area contributed by atoms with E-state index in [-0.39, 0.29) is 5.56 Å². The van der Waals surface area contributed by atoms with Crippen LogP contribution in [0.5, 0.6) is 0 Å². The zero-order chi connectivity index (χ0) is 12.6. The minimum atomic E-state index is 0.0621. The lowest BCUT2D eigenvalue weighted by atomic mass is 10.4. The lowest BCUT2D eigenvalue weighted by Crippen LogP contribution is -2.27. The Morgan fingerprint density at radius 2 is 2.22 bits per heavy atom. The Morgan fingerprint density at radius 3 is 3.00 bits per heavy atom. The minimum absolute atomic E-state index is 0.0621. The Bertz CT molecular complexity index is 399. The van der Waals surface area contributed by atoms with Gasteiger partial charge in [0.15, 0.2) is 0 Å². The summed E-state index contributed by atoms with van der Waals surface area (Å²) < 4.78 is 7.27. The van der Waals surface area contributed by atoms with E-state index in [0.717, 1.165) is 45.2 Å². The van der Waals surface area contributed by atoms with Crippen LogP contribution in [0.3, 0.4) is 0 Å². The monoisotopic (exact) mass is 250 g/mol. The highest BCUT2D eigenvalue weighted by molar-refractivity contribution is 4.93. The molecule has 0 aromatic carbocycles. The van der Waals surface area contributed by atoms with E-state index < -0.39 is 0 Å². The van der Waals surface area contributed by atoms with Gasteiger partial charge >= 0.3 is 0 Å². The van der Waals surface area contributed by atoms with Crippen LogP contribution in [-0.4, -0.2) is 30.9 Å². The number of hydrogen-bond acceptors (Lipinski definition) is 3. The maximum Gasteiger partial charge on any atom is 0.250 e. The number of nitrogens with zero attached hydrogens (tertiary/aromatic N) is 1. The zero-order valence-electron chi connectivity index (χ0n) is 10.8. The summed E-state index contributed by atoms with van der Waals surface area (Å²) in [6, 6.07) is 5.24. The third-order valence-electron chi connectivity index (χ3n) is 3.12. The first-order valence-corrected chi connectivity index (χ1v) is 6.80. The van der Waals surface area contributed by atoms with E-state index in [0.29, 0.717) is 0 Å². The summed E-state index contributed by atoms with van der Waals surface area (Å²) in [6.45, 7) is 4.29. The molecule has 0 bridgehead atoms. The van der Waals surface area contributed by atoms with Gasteiger partial charge in [-0.15, -0.1) is 0 Å². The van der Waals surface area contributed by atoms with E-state index in [4.69, 9.17) is 4.74 Å². The van der Waals surface area contributed by atoms with E-state index in [1.165, 1.54) is 12.8 Å². The standard InChI is InChI=1S/C14H22N2O2/c17-14-4-1-2-9-16(14)10-8-15-7-3-11-18-12-13-5-6-13/h1-2,4,9,13,15H,3,5-8,10-12H2. The Kier molecular flexibility index (Phi) is 5.42. The van der Waals surface area contributed by atoms with Crippen LogP contribution in [0.4, 0.5) is 0 Å². The van der Waals surface area contributed by atoms with E-state index in [1.807, 2.05) is 12.3 Å². The molecule has 1 aliphatic carbocycles. The van der Waals surface area contributed by atoms with E-state index in [2.05, 4.69) is 5.32 Å². The molecule has 18 heavy (non-hydrogen) atoms. The van der Waals surface area contributed by atoms with Gasteiger partial charge in [0.1, 0.15) is 0 Å². The molecule has 0 atom stereocenters. The number of ether oxygens (including phenoxy) is 1. The molecular weight excluding hydrogens is 228 g/mol. The quantitative estimate of drug-likeness (QED) is 0.671. The maximum absolute atomic E-state index is 11.4. The normalized spacial score (nSPS) is 14.9. The van der Waals surface area contributed by atoms with Crippen LogP contribution in [0.25, 0.3) is 0 Å². The molecule has 1 aromatic heterocycles. The van der Waals surface area contributed by atoms with Gasteiger partial charge in [0.2, 0.25) is 0 Å². The predicted octanol–water partition coefficient (Wildman–Crippen LogP) is 1.25. The highest BCUT2D eigenvalue weighted by Gasteiger charge is 2.20. The van der Waals surface area contributed by atoms with Gasteiger partial charge in [-0.3, -0.25) is 4.79 Å². The summed E-state index contributed by atoms with van der Waals surface area (Å²) in [6.07, 6.45) is 5.56. The van der Waals surface area contributed by atoms with Gasteiger partial charge in [0.25, 0.3) is 5.56 Å². The van der Waals surface area contributed by atoms with Crippen molar-refractivity contribution in [1.29, 1.82) is 0 Å². The van der Waals surface area contributed by atoms with Crippen LogP contribution in [0.2, 0.25) is 0 Å². The summed E-state index contributed by atoms with van der Waals surface area (Å²) in [5.41, 5.74) is 0.0621. The van der Waals surface area contributed by atoms with Gasteiger partial charge in [0, 0.05) is 38.6 Å². The number of aromatic nitrogens is 1. The molecule has 1 aliphatic rings. The molecule has 4 heteroatoms. The summed E-state index contributed by atoms with van der Waals surface area (Å²) >= 11 is 0. The lowest BCUT2D eigenvalue weighted by Gasteiger charge is -2.07. The summed E-state index contributed by atoms with van der Waals surface area (Å²) in [4.78, 5) is 11.4. The maximum atomic E-state index is 11.4. The molecule has 0 amide bonds. The molecule has 0 unspecified atom stereocenters. The van der Waals surface area contributed by atoms with E-state index in [9.17, 15) is 4.79 Å². The molecule has 1 aromatic rings. The van der Waals surface area contributed by atoms with Gasteiger partial charge in [0.05, 0.1) is 0 Å². The Balaban J connectivity index is 1.45. The highest BCUT2D eigenvalue weighted by Crippen LogP contribution is 2.28. The molecule has 0 spiro atoms. The number of hydrogen-bond donors (Lipinski definition) is 1. The van der Waals surface area contributed by atoms with Crippen LogP contribution in [0.1, 0.15) is 19.3 Å². The molecule has 1 heterocycles. The second-order valence-electron chi connectivity index (χ2n) is 4.85. The minimum Gasteiger partial charge on any atom is -0.381 e. The predicted molar refractivity (Wildman–Crippen MR) is 71.7 cm³/mol. The molecule has 4 nitrogen and oxygen atoms in total. The molecule has 1 fully saturated rings. The molecule has 0 radical (unpaired) electrons. The van der Waals surface area contributed by atoms with Crippen molar-refractivity contribution in [2.24, 2.45) is 5.92 Å². The molecule has 0 aliphatic heterocycles. The fourth-order valence-corrected chi connectivity index (χ4v) is 1.80. The SMILES string of the molecule is O=c1ccccn1CCNCCCOCC1CC1. The van der Waals surface area contributed by atoms with Crippen LogP contribution >= 0.6 is 0 Å². The van der Waals surface area contributed by atoms with Crippen molar-refractivity contribution in [2.45, 2.75) is 25.8 Å². The highest BCUT2D eigenvalue weighted by atomic mass is 16.5. The first-order valence-electron chi connectivity index (χ1n) is 6.80. The second kappa shape index (κ2) is 7.34. The number of rotatable bonds is 9. The van der Waals surface area contributed by atoms with E-state index in [1.54, 1.807) is 16.7 Å². The summed E-state index contributed by atoms with van der Waals surface area (Å²) in [7, 11) is 0. The van der Waals surface area contributed by atoms with Crippen molar-refractivity contribution in [3.8, 4) is 0 Å². The van der Waals surface area contributed by atoms with Gasteiger partial charge < -0.3 is 14.6 Å². The molecule has 2 rings (SSSR count). The fourth-order valence-electron chi connectivity index (χ4n) is 1.80. The van der Waals surface area contributed by atoms with Crippen molar-refractivity contribution >= 4 is 0 Å². The van der Waals surface area contributed by atoms with Crippen LogP contribution in [-0.2, 0) is 11.3 Å². The Labute approximate surface area is 108 Å². The Morgan fingerprint density at radius 1 is 1.33 bits per heavy atom. The topological polar surface area (TPSA) is 43.3 Å². The number of pyridine rings is 1. The summed E-state index contributed by atoms with van der Waals surface area (Å²) in [5, 5.41) is 3.33. The smallest absolute Gasteiger partial charge is 0.250 e. The van der Waals surface area contributed by atoms with Gasteiger partial charge in [-0.1, -0.05) is 6.07 Å². The molecule has 100 valence electrons. The van der Waals surface area contributed by atoms with E-state index >= 15 is 0 Å². The van der Waals surface area contributed by atoms with Crippen molar-refractivity contribution in [1.82, 2.24) is 9.88 Å². The van der Waals surface area contributed by atoms with Crippen LogP contribution in [0.15, 0.2) is 29.2 Å². The van der Waals surface area contributed by atoms with Crippen molar-refractivity contribution in [3.05, 3.63) is 34.7 Å². The van der Waals surface area contributed by atoms with Crippen molar-refractivity contribution < 1.29 is 4.74 Å². The third-order valence-corrected chi connectivity index (χ3v) is 3.12. The fraction of sp³-hybridized carbons (Fsp3) is 0.643. The van der Waals surface area contributed by atoms with Crippen LogP contribution < -0.4 is 10.9 Å². The Hall–Kier alpha value is -1.13. The largest absolute Gasteiger partial charge is 0.381 e. The van der Waals surface area contributed by atoms with Gasteiger partial charge in [-0.05, 0) is 37.8 Å². The molecule has 0 saturated heterocycles.